The molecule has 2 aliphatic heterocycles. The molecule has 2 amide bonds. The molecule has 10 nitrogen and oxygen atoms in total. The van der Waals surface area contributed by atoms with Crippen LogP contribution in [0.5, 0.6) is 0 Å². The zero-order chi connectivity index (χ0) is 26.3. The van der Waals surface area contributed by atoms with Crippen molar-refractivity contribution in [1.29, 1.82) is 0 Å². The summed E-state index contributed by atoms with van der Waals surface area (Å²) >= 11 is 0. The Labute approximate surface area is 221 Å². The van der Waals surface area contributed by atoms with E-state index >= 15 is 0 Å². The highest BCUT2D eigenvalue weighted by molar-refractivity contribution is 6.04. The first-order valence-electron chi connectivity index (χ1n) is 12.9. The van der Waals surface area contributed by atoms with Crippen molar-refractivity contribution >= 4 is 23.3 Å². The van der Waals surface area contributed by atoms with Crippen LogP contribution in [0.25, 0.3) is 11.1 Å². The van der Waals surface area contributed by atoms with Gasteiger partial charge >= 0.3 is 0 Å². The van der Waals surface area contributed by atoms with Crippen LogP contribution in [0.3, 0.4) is 0 Å². The van der Waals surface area contributed by atoms with Crippen LogP contribution in [0.1, 0.15) is 28.9 Å². The Morgan fingerprint density at radius 3 is 2.63 bits per heavy atom. The van der Waals surface area contributed by atoms with Gasteiger partial charge in [-0.1, -0.05) is 11.7 Å². The number of carbonyl (C=O) groups is 2. The summed E-state index contributed by atoms with van der Waals surface area (Å²) in [6.45, 7) is 8.76. The van der Waals surface area contributed by atoms with Gasteiger partial charge in [0.05, 0.1) is 6.54 Å². The SMILES string of the molecule is C=CC(=O)N(c1cc(C(=O)NCc2ccon2)cc(-c2ccc(N3CCNCC3)nc2)c1)C1CCOCC1. The van der Waals surface area contributed by atoms with E-state index in [0.29, 0.717) is 43.0 Å². The first kappa shape index (κ1) is 25.6. The van der Waals surface area contributed by atoms with E-state index in [1.165, 1.54) is 12.3 Å². The van der Waals surface area contributed by atoms with Crippen molar-refractivity contribution < 1.29 is 18.8 Å². The van der Waals surface area contributed by atoms with Gasteiger partial charge in [0, 0.05) is 74.5 Å². The van der Waals surface area contributed by atoms with Crippen molar-refractivity contribution in [2.45, 2.75) is 25.4 Å². The van der Waals surface area contributed by atoms with Gasteiger partial charge in [-0.05, 0) is 54.8 Å². The summed E-state index contributed by atoms with van der Waals surface area (Å²) in [6.07, 6.45) is 6.01. The molecule has 2 aliphatic rings. The number of amides is 2. The average Bonchev–Trinajstić information content (AvgIpc) is 3.51. The average molecular weight is 517 g/mol. The van der Waals surface area contributed by atoms with Gasteiger partial charge in [0.1, 0.15) is 17.8 Å². The molecular formula is C28H32N6O4. The van der Waals surface area contributed by atoms with E-state index in [1.54, 1.807) is 17.0 Å². The lowest BCUT2D eigenvalue weighted by atomic mass is 10.00. The summed E-state index contributed by atoms with van der Waals surface area (Å²) < 4.78 is 10.4. The van der Waals surface area contributed by atoms with E-state index in [4.69, 9.17) is 14.2 Å². The van der Waals surface area contributed by atoms with Gasteiger partial charge in [-0.3, -0.25) is 9.59 Å². The van der Waals surface area contributed by atoms with Crippen LogP contribution >= 0.6 is 0 Å². The molecule has 0 radical (unpaired) electrons. The molecule has 2 fully saturated rings. The van der Waals surface area contributed by atoms with E-state index in [9.17, 15) is 9.59 Å². The van der Waals surface area contributed by atoms with Gasteiger partial charge in [-0.2, -0.15) is 0 Å². The molecule has 1 aromatic carbocycles. The Morgan fingerprint density at radius 1 is 1.13 bits per heavy atom. The number of anilines is 2. The smallest absolute Gasteiger partial charge is 0.251 e. The largest absolute Gasteiger partial charge is 0.381 e. The fourth-order valence-corrected chi connectivity index (χ4v) is 4.85. The lowest BCUT2D eigenvalue weighted by Crippen LogP contribution is -2.43. The predicted molar refractivity (Wildman–Crippen MR) is 144 cm³/mol. The molecule has 0 saturated carbocycles. The maximum absolute atomic E-state index is 13.2. The summed E-state index contributed by atoms with van der Waals surface area (Å²) in [5.74, 6) is 0.428. The molecule has 5 rings (SSSR count). The summed E-state index contributed by atoms with van der Waals surface area (Å²) in [5.41, 5.74) is 3.34. The first-order chi connectivity index (χ1) is 18.6. The third kappa shape index (κ3) is 5.92. The lowest BCUT2D eigenvalue weighted by molar-refractivity contribution is -0.115. The van der Waals surface area contributed by atoms with Crippen molar-refractivity contribution in [3.8, 4) is 11.1 Å². The van der Waals surface area contributed by atoms with E-state index in [0.717, 1.165) is 43.1 Å². The van der Waals surface area contributed by atoms with E-state index in [1.807, 2.05) is 30.5 Å². The van der Waals surface area contributed by atoms with Crippen LogP contribution in [0.15, 0.2) is 66.0 Å². The van der Waals surface area contributed by atoms with Gasteiger partial charge < -0.3 is 29.7 Å². The minimum absolute atomic E-state index is 0.0521. The molecule has 0 atom stereocenters. The second kappa shape index (κ2) is 12.0. The standard InChI is InChI=1S/C28H32N6O4/c1-2-27(35)34(24-6-12-37-13-7-24)25-16-21(15-22(17-25)28(36)31-19-23-5-14-38-32-23)20-3-4-26(30-18-20)33-10-8-29-9-11-33/h2-5,14-18,24,29H,1,6-13,19H2,(H,31,36). The number of benzene rings is 1. The van der Waals surface area contributed by atoms with Gasteiger partial charge in [0.2, 0.25) is 0 Å². The van der Waals surface area contributed by atoms with Gasteiger partial charge in [-0.25, -0.2) is 4.98 Å². The first-order valence-corrected chi connectivity index (χ1v) is 12.9. The molecular weight excluding hydrogens is 484 g/mol. The number of pyridine rings is 1. The molecule has 0 unspecified atom stereocenters. The number of aromatic nitrogens is 2. The topological polar surface area (TPSA) is 113 Å². The fraction of sp³-hybridized carbons (Fsp3) is 0.357. The van der Waals surface area contributed by atoms with Crippen LogP contribution in [0.4, 0.5) is 11.5 Å². The van der Waals surface area contributed by atoms with Crippen LogP contribution in [0.2, 0.25) is 0 Å². The molecule has 10 heteroatoms. The number of nitrogens with one attached hydrogen (secondary N) is 2. The Bertz CT molecular complexity index is 1250. The van der Waals surface area contributed by atoms with Crippen molar-refractivity contribution in [3.05, 3.63) is 72.8 Å². The number of ether oxygens (including phenoxy) is 1. The third-order valence-corrected chi connectivity index (χ3v) is 6.87. The fourth-order valence-electron chi connectivity index (χ4n) is 4.85. The van der Waals surface area contributed by atoms with E-state index in [-0.39, 0.29) is 24.4 Å². The number of piperazine rings is 1. The Balaban J connectivity index is 1.49. The zero-order valence-corrected chi connectivity index (χ0v) is 21.3. The number of rotatable bonds is 8. The van der Waals surface area contributed by atoms with Crippen molar-refractivity contribution in [2.75, 3.05) is 49.2 Å². The van der Waals surface area contributed by atoms with Crippen LogP contribution in [-0.2, 0) is 16.1 Å². The highest BCUT2D eigenvalue weighted by Crippen LogP contribution is 2.31. The quantitative estimate of drug-likeness (QED) is 0.440. The van der Waals surface area contributed by atoms with Gasteiger partial charge in [-0.15, -0.1) is 0 Å². The minimum Gasteiger partial charge on any atom is -0.381 e. The molecule has 2 N–H and O–H groups in total. The Morgan fingerprint density at radius 2 is 1.95 bits per heavy atom. The lowest BCUT2D eigenvalue weighted by Gasteiger charge is -2.34. The van der Waals surface area contributed by atoms with Gasteiger partial charge in [0.25, 0.3) is 11.8 Å². The summed E-state index contributed by atoms with van der Waals surface area (Å²) in [6, 6.07) is 11.2. The molecule has 38 heavy (non-hydrogen) atoms. The molecule has 3 aromatic rings. The highest BCUT2D eigenvalue weighted by Gasteiger charge is 2.27. The van der Waals surface area contributed by atoms with Crippen LogP contribution < -0.4 is 20.4 Å². The van der Waals surface area contributed by atoms with Crippen LogP contribution in [-0.4, -0.2) is 67.4 Å². The molecule has 198 valence electrons. The highest BCUT2D eigenvalue weighted by atomic mass is 16.5. The van der Waals surface area contributed by atoms with Crippen LogP contribution in [0, 0.1) is 0 Å². The normalized spacial score (nSPS) is 16.2. The van der Waals surface area contributed by atoms with Crippen molar-refractivity contribution in [3.63, 3.8) is 0 Å². The molecule has 4 heterocycles. The third-order valence-electron chi connectivity index (χ3n) is 6.87. The molecule has 0 bridgehead atoms. The Hall–Kier alpha value is -4.02. The minimum atomic E-state index is -0.278. The summed E-state index contributed by atoms with van der Waals surface area (Å²) in [5, 5.41) is 10.1. The molecule has 0 spiro atoms. The van der Waals surface area contributed by atoms with E-state index in [2.05, 4.69) is 27.3 Å². The molecule has 0 aliphatic carbocycles. The number of hydrogen-bond donors (Lipinski definition) is 2. The number of carbonyl (C=O) groups excluding carboxylic acids is 2. The number of hydrogen-bond acceptors (Lipinski definition) is 8. The molecule has 2 aromatic heterocycles. The monoisotopic (exact) mass is 516 g/mol. The van der Waals surface area contributed by atoms with Crippen molar-refractivity contribution in [1.82, 2.24) is 20.8 Å². The van der Waals surface area contributed by atoms with Gasteiger partial charge in [0.15, 0.2) is 0 Å². The molecule has 2 saturated heterocycles. The maximum atomic E-state index is 13.2. The Kier molecular flexibility index (Phi) is 8.10. The second-order valence-electron chi connectivity index (χ2n) is 9.34. The zero-order valence-electron chi connectivity index (χ0n) is 21.3. The maximum Gasteiger partial charge on any atom is 0.251 e. The summed E-state index contributed by atoms with van der Waals surface area (Å²) in [7, 11) is 0. The summed E-state index contributed by atoms with van der Waals surface area (Å²) in [4.78, 5) is 35.0. The second-order valence-corrected chi connectivity index (χ2v) is 9.34. The van der Waals surface area contributed by atoms with E-state index < -0.39 is 0 Å². The predicted octanol–water partition coefficient (Wildman–Crippen LogP) is 2.77. The van der Waals surface area contributed by atoms with Crippen molar-refractivity contribution in [2.24, 2.45) is 0 Å². The number of nitrogens with zero attached hydrogens (tertiary/aromatic N) is 4.